The van der Waals surface area contributed by atoms with Gasteiger partial charge in [0.25, 0.3) is 0 Å². The summed E-state index contributed by atoms with van der Waals surface area (Å²) in [5, 5.41) is 6.64. The molecule has 20 heavy (non-hydrogen) atoms. The zero-order chi connectivity index (χ0) is 14.2. The lowest BCUT2D eigenvalue weighted by atomic mass is 10.3. The van der Waals surface area contributed by atoms with Crippen LogP contribution in [0.2, 0.25) is 0 Å². The van der Waals surface area contributed by atoms with Gasteiger partial charge in [0.2, 0.25) is 5.56 Å². The maximum Gasteiger partial charge on any atom is 0.250 e. The molecule has 5 nitrogen and oxygen atoms in total. The summed E-state index contributed by atoms with van der Waals surface area (Å²) in [6.45, 7) is 2.68. The van der Waals surface area contributed by atoms with Gasteiger partial charge in [0.1, 0.15) is 0 Å². The summed E-state index contributed by atoms with van der Waals surface area (Å²) in [6, 6.07) is 5.26. The number of hydrogen-bond donors (Lipinski definition) is 2. The number of aliphatic imine (C=N–C) groups is 1. The molecule has 0 atom stereocenters. The number of pyridine rings is 1. The highest BCUT2D eigenvalue weighted by Gasteiger charge is 2.20. The van der Waals surface area contributed by atoms with E-state index in [0.717, 1.165) is 44.4 Å². The lowest BCUT2D eigenvalue weighted by molar-refractivity contribution is 0.585. The van der Waals surface area contributed by atoms with E-state index in [1.54, 1.807) is 23.7 Å². The van der Waals surface area contributed by atoms with E-state index in [9.17, 15) is 4.79 Å². The smallest absolute Gasteiger partial charge is 0.250 e. The number of hydrogen-bond acceptors (Lipinski definition) is 2. The first kappa shape index (κ1) is 14.6. The van der Waals surface area contributed by atoms with E-state index in [4.69, 9.17) is 0 Å². The van der Waals surface area contributed by atoms with E-state index >= 15 is 0 Å². The molecule has 0 radical (unpaired) electrons. The molecule has 1 aliphatic rings. The van der Waals surface area contributed by atoms with Crippen LogP contribution >= 0.6 is 0 Å². The van der Waals surface area contributed by atoms with Crippen molar-refractivity contribution in [3.63, 3.8) is 0 Å². The van der Waals surface area contributed by atoms with Crippen LogP contribution in [0.4, 0.5) is 0 Å². The third kappa shape index (κ3) is 5.07. The zero-order valence-corrected chi connectivity index (χ0v) is 12.1. The fourth-order valence-corrected chi connectivity index (χ4v) is 2.04. The van der Waals surface area contributed by atoms with Crippen LogP contribution in [0.15, 0.2) is 34.2 Å². The molecular weight excluding hydrogens is 252 g/mol. The van der Waals surface area contributed by atoms with E-state index < -0.39 is 0 Å². The molecular formula is C15H24N4O. The molecule has 0 aliphatic heterocycles. The van der Waals surface area contributed by atoms with Gasteiger partial charge in [-0.1, -0.05) is 6.07 Å². The van der Waals surface area contributed by atoms with Crippen molar-refractivity contribution in [1.29, 1.82) is 0 Å². The highest BCUT2D eigenvalue weighted by Crippen LogP contribution is 2.27. The zero-order valence-electron chi connectivity index (χ0n) is 12.1. The van der Waals surface area contributed by atoms with Gasteiger partial charge in [-0.3, -0.25) is 9.79 Å². The number of nitrogens with one attached hydrogen (secondary N) is 2. The molecule has 0 saturated heterocycles. The molecule has 1 aliphatic carbocycles. The Morgan fingerprint density at radius 3 is 2.90 bits per heavy atom. The number of aryl methyl sites for hydroxylation is 1. The van der Waals surface area contributed by atoms with Crippen LogP contribution in [-0.4, -0.2) is 30.7 Å². The number of unbranched alkanes of at least 4 members (excludes halogenated alkanes) is 1. The Kier molecular flexibility index (Phi) is 5.65. The molecule has 1 fully saturated rings. The van der Waals surface area contributed by atoms with Crippen molar-refractivity contribution in [2.24, 2.45) is 10.9 Å². The lowest BCUT2D eigenvalue weighted by Gasteiger charge is -2.11. The first-order valence-electron chi connectivity index (χ1n) is 7.39. The van der Waals surface area contributed by atoms with Gasteiger partial charge in [-0.15, -0.1) is 0 Å². The Hall–Kier alpha value is -1.78. The Morgan fingerprint density at radius 1 is 1.35 bits per heavy atom. The summed E-state index contributed by atoms with van der Waals surface area (Å²) < 4.78 is 1.75. The molecule has 0 unspecified atom stereocenters. The van der Waals surface area contributed by atoms with Crippen LogP contribution in [0.3, 0.4) is 0 Å². The molecule has 1 heterocycles. The van der Waals surface area contributed by atoms with Crippen molar-refractivity contribution in [2.75, 3.05) is 20.1 Å². The normalized spacial score (nSPS) is 15.2. The monoisotopic (exact) mass is 276 g/mol. The predicted molar refractivity (Wildman–Crippen MR) is 82.0 cm³/mol. The van der Waals surface area contributed by atoms with E-state index in [1.807, 2.05) is 12.3 Å². The molecule has 0 bridgehead atoms. The topological polar surface area (TPSA) is 58.4 Å². The van der Waals surface area contributed by atoms with Gasteiger partial charge in [-0.2, -0.15) is 0 Å². The number of rotatable bonds is 7. The van der Waals surface area contributed by atoms with Crippen molar-refractivity contribution in [3.05, 3.63) is 34.7 Å². The van der Waals surface area contributed by atoms with Crippen LogP contribution in [0.5, 0.6) is 0 Å². The highest BCUT2D eigenvalue weighted by molar-refractivity contribution is 5.79. The Balaban J connectivity index is 1.58. The molecule has 1 aromatic heterocycles. The molecule has 2 rings (SSSR count). The average Bonchev–Trinajstić information content (AvgIpc) is 3.28. The van der Waals surface area contributed by atoms with Crippen molar-refractivity contribution < 1.29 is 0 Å². The van der Waals surface area contributed by atoms with E-state index in [0.29, 0.717) is 0 Å². The van der Waals surface area contributed by atoms with Gasteiger partial charge in [-0.25, -0.2) is 0 Å². The SMILES string of the molecule is CN=C(NCCCCn1ccccc1=O)NCC1CC1. The molecule has 2 N–H and O–H groups in total. The number of aromatic nitrogens is 1. The van der Waals surface area contributed by atoms with Gasteiger partial charge in [0.05, 0.1) is 0 Å². The minimum absolute atomic E-state index is 0.0716. The first-order valence-corrected chi connectivity index (χ1v) is 7.39. The maximum atomic E-state index is 11.5. The minimum atomic E-state index is 0.0716. The second-order valence-corrected chi connectivity index (χ2v) is 5.26. The second-order valence-electron chi connectivity index (χ2n) is 5.26. The maximum absolute atomic E-state index is 11.5. The molecule has 0 spiro atoms. The van der Waals surface area contributed by atoms with Gasteiger partial charge in [0.15, 0.2) is 5.96 Å². The van der Waals surface area contributed by atoms with Crippen LogP contribution in [0.1, 0.15) is 25.7 Å². The van der Waals surface area contributed by atoms with Crippen LogP contribution in [0.25, 0.3) is 0 Å². The van der Waals surface area contributed by atoms with Crippen molar-refractivity contribution in [3.8, 4) is 0 Å². The third-order valence-electron chi connectivity index (χ3n) is 3.50. The highest BCUT2D eigenvalue weighted by atomic mass is 16.1. The predicted octanol–water partition coefficient (Wildman–Crippen LogP) is 1.20. The summed E-state index contributed by atoms with van der Waals surface area (Å²) in [6.07, 6.45) is 6.53. The van der Waals surface area contributed by atoms with Crippen LogP contribution < -0.4 is 16.2 Å². The molecule has 0 amide bonds. The Labute approximate surface area is 120 Å². The van der Waals surface area contributed by atoms with E-state index in [2.05, 4.69) is 15.6 Å². The quantitative estimate of drug-likeness (QED) is 0.447. The van der Waals surface area contributed by atoms with Crippen molar-refractivity contribution in [2.45, 2.75) is 32.2 Å². The average molecular weight is 276 g/mol. The van der Waals surface area contributed by atoms with Gasteiger partial charge >= 0.3 is 0 Å². The van der Waals surface area contributed by atoms with Gasteiger partial charge < -0.3 is 15.2 Å². The van der Waals surface area contributed by atoms with Crippen molar-refractivity contribution >= 4 is 5.96 Å². The van der Waals surface area contributed by atoms with Crippen LogP contribution in [0, 0.1) is 5.92 Å². The van der Waals surface area contributed by atoms with Gasteiger partial charge in [0, 0.05) is 38.9 Å². The Morgan fingerprint density at radius 2 is 2.20 bits per heavy atom. The van der Waals surface area contributed by atoms with E-state index in [-0.39, 0.29) is 5.56 Å². The molecule has 0 aromatic carbocycles. The summed E-state index contributed by atoms with van der Waals surface area (Å²) >= 11 is 0. The van der Waals surface area contributed by atoms with Gasteiger partial charge in [-0.05, 0) is 37.7 Å². The minimum Gasteiger partial charge on any atom is -0.356 e. The summed E-state index contributed by atoms with van der Waals surface area (Å²) in [5.41, 5.74) is 0.0716. The largest absolute Gasteiger partial charge is 0.356 e. The molecule has 1 saturated carbocycles. The lowest BCUT2D eigenvalue weighted by Crippen LogP contribution is -2.38. The molecule has 1 aromatic rings. The summed E-state index contributed by atoms with van der Waals surface area (Å²) in [7, 11) is 1.80. The number of nitrogens with zero attached hydrogens (tertiary/aromatic N) is 2. The first-order chi connectivity index (χ1) is 9.79. The van der Waals surface area contributed by atoms with Crippen molar-refractivity contribution in [1.82, 2.24) is 15.2 Å². The summed E-state index contributed by atoms with van der Waals surface area (Å²) in [4.78, 5) is 15.7. The molecule has 110 valence electrons. The number of guanidine groups is 1. The fraction of sp³-hybridized carbons (Fsp3) is 0.600. The fourth-order valence-electron chi connectivity index (χ4n) is 2.04. The molecule has 5 heteroatoms. The standard InChI is InChI=1S/C15H24N4O/c1-16-15(18-12-13-7-8-13)17-9-3-5-11-19-10-4-2-6-14(19)20/h2,4,6,10,13H,3,5,7-9,11-12H2,1H3,(H2,16,17,18). The third-order valence-corrected chi connectivity index (χ3v) is 3.50. The second kappa shape index (κ2) is 7.72. The summed E-state index contributed by atoms with van der Waals surface area (Å²) in [5.74, 6) is 1.73. The van der Waals surface area contributed by atoms with Crippen LogP contribution in [-0.2, 0) is 6.54 Å². The Bertz CT molecular complexity index is 491. The van der Waals surface area contributed by atoms with E-state index in [1.165, 1.54) is 12.8 Å².